The van der Waals surface area contributed by atoms with Gasteiger partial charge in [-0.1, -0.05) is 36.4 Å². The predicted octanol–water partition coefficient (Wildman–Crippen LogP) is 4.08. The second-order valence-corrected chi connectivity index (χ2v) is 5.19. The number of carbonyl (C=O) groups excluding carboxylic acids is 2. The Balaban J connectivity index is 3.19. The monoisotopic (exact) mass is 334 g/mol. The highest BCUT2D eigenvalue weighted by Gasteiger charge is 2.48. The summed E-state index contributed by atoms with van der Waals surface area (Å²) in [6.07, 6.45) is 2.17. The molecule has 0 aliphatic heterocycles. The summed E-state index contributed by atoms with van der Waals surface area (Å²) < 4.78 is 24.5. The van der Waals surface area contributed by atoms with Gasteiger partial charge in [0, 0.05) is 6.42 Å². The number of rotatable bonds is 9. The molecule has 0 fully saturated rings. The Morgan fingerprint density at radius 3 is 2.12 bits per heavy atom. The lowest BCUT2D eigenvalue weighted by Crippen LogP contribution is -2.42. The molecular weight excluding hydrogens is 311 g/mol. The number of halogens is 1. The molecule has 0 bridgehead atoms. The second-order valence-electron chi connectivity index (χ2n) is 5.19. The number of hydrogen-bond acceptors (Lipinski definition) is 4. The highest BCUT2D eigenvalue weighted by atomic mass is 19.1. The van der Waals surface area contributed by atoms with Crippen LogP contribution < -0.4 is 0 Å². The molecule has 0 saturated carbocycles. The van der Waals surface area contributed by atoms with Gasteiger partial charge in [-0.3, -0.25) is 9.59 Å². The maximum absolute atomic E-state index is 14.5. The molecular formula is C19H23FO4. The minimum Gasteiger partial charge on any atom is -0.465 e. The van der Waals surface area contributed by atoms with E-state index in [9.17, 15) is 14.0 Å². The van der Waals surface area contributed by atoms with Crippen LogP contribution in [0.15, 0.2) is 48.8 Å². The molecule has 0 heterocycles. The number of allylic oxidation sites excluding steroid dienone is 2. The molecule has 1 rings (SSSR count). The lowest BCUT2D eigenvalue weighted by Gasteiger charge is -2.27. The van der Waals surface area contributed by atoms with Crippen molar-refractivity contribution in [1.82, 2.24) is 0 Å². The van der Waals surface area contributed by atoms with Gasteiger partial charge in [0.15, 0.2) is 5.41 Å². The number of esters is 2. The number of carbonyl (C=O) groups is 2. The van der Waals surface area contributed by atoms with Crippen LogP contribution in [0, 0.1) is 5.41 Å². The average Bonchev–Trinajstić information content (AvgIpc) is 2.55. The van der Waals surface area contributed by atoms with E-state index >= 15 is 0 Å². The minimum atomic E-state index is -1.76. The topological polar surface area (TPSA) is 52.6 Å². The van der Waals surface area contributed by atoms with Gasteiger partial charge >= 0.3 is 11.9 Å². The first-order chi connectivity index (χ1) is 11.5. The zero-order chi connectivity index (χ0) is 18.0. The molecule has 1 aromatic rings. The molecule has 0 aliphatic rings. The van der Waals surface area contributed by atoms with Crippen molar-refractivity contribution in [2.45, 2.75) is 26.7 Å². The summed E-state index contributed by atoms with van der Waals surface area (Å²) in [7, 11) is 0. The van der Waals surface area contributed by atoms with Crippen LogP contribution >= 0.6 is 0 Å². The highest BCUT2D eigenvalue weighted by Crippen LogP contribution is 2.35. The van der Waals surface area contributed by atoms with Crippen LogP contribution in [0.4, 0.5) is 4.39 Å². The highest BCUT2D eigenvalue weighted by molar-refractivity contribution is 6.00. The SMILES string of the molecule is C=CCC(C/C(F)=C\c1ccccc1)(C(=O)OCC)C(=O)OCC. The Kier molecular flexibility index (Phi) is 7.89. The molecule has 130 valence electrons. The van der Waals surface area contributed by atoms with Crippen LogP contribution in [0.25, 0.3) is 6.08 Å². The Labute approximate surface area is 142 Å². The van der Waals surface area contributed by atoms with Gasteiger partial charge in [0.1, 0.15) is 5.83 Å². The number of benzene rings is 1. The van der Waals surface area contributed by atoms with Gasteiger partial charge in [-0.25, -0.2) is 4.39 Å². The molecule has 0 saturated heterocycles. The van der Waals surface area contributed by atoms with Crippen LogP contribution in [-0.4, -0.2) is 25.2 Å². The van der Waals surface area contributed by atoms with Crippen LogP contribution in [0.5, 0.6) is 0 Å². The number of hydrogen-bond donors (Lipinski definition) is 0. The fourth-order valence-corrected chi connectivity index (χ4v) is 2.32. The summed E-state index contributed by atoms with van der Waals surface area (Å²) in [5.41, 5.74) is -1.13. The first-order valence-electron chi connectivity index (χ1n) is 7.86. The summed E-state index contributed by atoms with van der Waals surface area (Å²) in [6, 6.07) is 8.81. The molecule has 0 N–H and O–H groups in total. The molecule has 1 aromatic carbocycles. The van der Waals surface area contributed by atoms with Crippen molar-refractivity contribution >= 4 is 18.0 Å². The number of ether oxygens (including phenoxy) is 2. The van der Waals surface area contributed by atoms with Crippen LogP contribution in [0.2, 0.25) is 0 Å². The molecule has 0 amide bonds. The van der Waals surface area contributed by atoms with Crippen molar-refractivity contribution in [3.05, 3.63) is 54.4 Å². The van der Waals surface area contributed by atoms with E-state index in [2.05, 4.69) is 6.58 Å². The second kappa shape index (κ2) is 9.65. The smallest absolute Gasteiger partial charge is 0.324 e. The Hall–Kier alpha value is -2.43. The van der Waals surface area contributed by atoms with Crippen LogP contribution in [-0.2, 0) is 19.1 Å². The van der Waals surface area contributed by atoms with E-state index in [4.69, 9.17) is 9.47 Å². The predicted molar refractivity (Wildman–Crippen MR) is 90.7 cm³/mol. The van der Waals surface area contributed by atoms with Gasteiger partial charge in [0.25, 0.3) is 0 Å². The quantitative estimate of drug-likeness (QED) is 0.388. The van der Waals surface area contributed by atoms with Crippen LogP contribution in [0.1, 0.15) is 32.3 Å². The summed E-state index contributed by atoms with van der Waals surface area (Å²) in [5.74, 6) is -2.22. The van der Waals surface area contributed by atoms with Crippen molar-refractivity contribution in [3.63, 3.8) is 0 Å². The van der Waals surface area contributed by atoms with E-state index in [1.165, 1.54) is 12.2 Å². The minimum absolute atomic E-state index is 0.0687. The maximum Gasteiger partial charge on any atom is 0.324 e. The molecule has 0 unspecified atom stereocenters. The summed E-state index contributed by atoms with van der Waals surface area (Å²) in [4.78, 5) is 24.8. The van der Waals surface area contributed by atoms with E-state index < -0.39 is 29.6 Å². The van der Waals surface area contributed by atoms with E-state index in [-0.39, 0.29) is 19.6 Å². The fraction of sp³-hybridized carbons (Fsp3) is 0.368. The summed E-state index contributed by atoms with van der Waals surface area (Å²) in [5, 5.41) is 0. The molecule has 24 heavy (non-hydrogen) atoms. The van der Waals surface area contributed by atoms with Gasteiger partial charge in [-0.05, 0) is 31.9 Å². The van der Waals surface area contributed by atoms with Crippen molar-refractivity contribution in [1.29, 1.82) is 0 Å². The third kappa shape index (κ3) is 5.05. The van der Waals surface area contributed by atoms with Gasteiger partial charge in [0.05, 0.1) is 13.2 Å². The Bertz CT molecular complexity index is 575. The maximum atomic E-state index is 14.5. The van der Waals surface area contributed by atoms with Gasteiger partial charge in [0.2, 0.25) is 0 Å². The molecule has 4 nitrogen and oxygen atoms in total. The van der Waals surface area contributed by atoms with E-state index in [1.807, 2.05) is 6.07 Å². The first-order valence-corrected chi connectivity index (χ1v) is 7.86. The third-order valence-corrected chi connectivity index (χ3v) is 3.42. The van der Waals surface area contributed by atoms with Gasteiger partial charge in [-0.2, -0.15) is 0 Å². The third-order valence-electron chi connectivity index (χ3n) is 3.42. The molecule has 0 atom stereocenters. The Morgan fingerprint density at radius 2 is 1.67 bits per heavy atom. The zero-order valence-electron chi connectivity index (χ0n) is 14.1. The first kappa shape index (κ1) is 19.6. The largest absolute Gasteiger partial charge is 0.465 e. The van der Waals surface area contributed by atoms with E-state index in [0.717, 1.165) is 0 Å². The zero-order valence-corrected chi connectivity index (χ0v) is 14.1. The Morgan fingerprint density at radius 1 is 1.12 bits per heavy atom. The molecule has 0 spiro atoms. The normalized spacial score (nSPS) is 11.7. The molecule has 0 aromatic heterocycles. The van der Waals surface area contributed by atoms with Crippen molar-refractivity contribution in [2.24, 2.45) is 5.41 Å². The summed E-state index contributed by atoms with van der Waals surface area (Å²) >= 11 is 0. The van der Waals surface area contributed by atoms with E-state index in [0.29, 0.717) is 5.56 Å². The summed E-state index contributed by atoms with van der Waals surface area (Å²) in [6.45, 7) is 6.98. The van der Waals surface area contributed by atoms with Crippen molar-refractivity contribution in [3.8, 4) is 0 Å². The van der Waals surface area contributed by atoms with Gasteiger partial charge < -0.3 is 9.47 Å². The standard InChI is InChI=1S/C19H23FO4/c1-4-12-19(17(21)23-5-2,18(22)24-6-3)14-16(20)13-15-10-8-7-9-11-15/h4,7-11,13H,1,5-6,12,14H2,2-3H3/b16-13+. The lowest BCUT2D eigenvalue weighted by molar-refractivity contribution is -0.172. The van der Waals surface area contributed by atoms with Gasteiger partial charge in [-0.15, -0.1) is 6.58 Å². The van der Waals surface area contributed by atoms with Crippen LogP contribution in [0.3, 0.4) is 0 Å². The lowest BCUT2D eigenvalue weighted by atomic mass is 9.80. The van der Waals surface area contributed by atoms with Crippen molar-refractivity contribution < 1.29 is 23.5 Å². The van der Waals surface area contributed by atoms with E-state index in [1.54, 1.807) is 38.1 Å². The van der Waals surface area contributed by atoms with Crippen molar-refractivity contribution in [2.75, 3.05) is 13.2 Å². The average molecular weight is 334 g/mol. The molecule has 5 heteroatoms. The molecule has 0 aliphatic carbocycles. The molecule has 0 radical (unpaired) electrons. The fourth-order valence-electron chi connectivity index (χ4n) is 2.32.